The van der Waals surface area contributed by atoms with Crippen molar-refractivity contribution in [2.75, 3.05) is 13.7 Å². The second-order valence-corrected chi connectivity index (χ2v) is 9.73. The molecule has 2 aliphatic heterocycles. The van der Waals surface area contributed by atoms with E-state index in [-0.39, 0.29) is 23.9 Å². The SMILES string of the molecule is COc1ccc(CN2C(=O)CCCC[C@@H]3[C@@H]2CCN3C(=O)c2ccc3c(c2)CCCC3)cc1. The van der Waals surface area contributed by atoms with Crippen molar-refractivity contribution in [2.45, 2.75) is 76.4 Å². The van der Waals surface area contributed by atoms with Crippen molar-refractivity contribution in [2.24, 2.45) is 0 Å². The van der Waals surface area contributed by atoms with Crippen molar-refractivity contribution in [1.82, 2.24) is 9.80 Å². The fourth-order valence-electron chi connectivity index (χ4n) is 5.92. The molecule has 0 N–H and O–H groups in total. The number of fused-ring (bicyclic) bond motifs is 2. The van der Waals surface area contributed by atoms with Gasteiger partial charge in [0.15, 0.2) is 0 Å². The Bertz CT molecular complexity index is 1020. The summed E-state index contributed by atoms with van der Waals surface area (Å²) in [6, 6.07) is 14.4. The summed E-state index contributed by atoms with van der Waals surface area (Å²) < 4.78 is 5.28. The molecule has 2 heterocycles. The second-order valence-electron chi connectivity index (χ2n) is 9.73. The number of methoxy groups -OCH3 is 1. The Balaban J connectivity index is 1.37. The molecule has 174 valence electrons. The Kier molecular flexibility index (Phi) is 6.39. The molecule has 5 nitrogen and oxygen atoms in total. The average Bonchev–Trinajstić information content (AvgIpc) is 3.26. The molecule has 0 unspecified atom stereocenters. The van der Waals surface area contributed by atoms with Crippen LogP contribution in [0.3, 0.4) is 0 Å². The number of aryl methyl sites for hydroxylation is 2. The van der Waals surface area contributed by atoms with Gasteiger partial charge in [-0.1, -0.05) is 24.6 Å². The van der Waals surface area contributed by atoms with Crippen molar-refractivity contribution in [3.8, 4) is 5.75 Å². The molecule has 0 saturated carbocycles. The third kappa shape index (κ3) is 4.50. The highest BCUT2D eigenvalue weighted by atomic mass is 16.5. The van der Waals surface area contributed by atoms with Crippen molar-refractivity contribution in [3.63, 3.8) is 0 Å². The number of nitrogens with zero attached hydrogens (tertiary/aromatic N) is 2. The third-order valence-electron chi connectivity index (χ3n) is 7.74. The summed E-state index contributed by atoms with van der Waals surface area (Å²) in [7, 11) is 1.66. The molecule has 2 amide bonds. The first-order chi connectivity index (χ1) is 16.1. The molecule has 2 aromatic rings. The lowest BCUT2D eigenvalue weighted by molar-refractivity contribution is -0.135. The number of carbonyl (C=O) groups is 2. The first-order valence-electron chi connectivity index (χ1n) is 12.5. The fourth-order valence-corrected chi connectivity index (χ4v) is 5.92. The van der Waals surface area contributed by atoms with Crippen LogP contribution in [0.4, 0.5) is 0 Å². The standard InChI is InChI=1S/C28H34N2O3/c1-33-24-14-10-20(11-15-24)19-30-26-16-17-29(25(26)8-4-5-9-27(30)31)28(32)23-13-12-21-6-2-3-7-22(21)18-23/h10-15,18,25-26H,2-9,16-17,19H2,1H3/t25-,26+/m1/s1. The van der Waals surface area contributed by atoms with Gasteiger partial charge in [-0.25, -0.2) is 0 Å². The quantitative estimate of drug-likeness (QED) is 0.680. The van der Waals surface area contributed by atoms with E-state index in [2.05, 4.69) is 17.0 Å². The van der Waals surface area contributed by atoms with Gasteiger partial charge in [-0.2, -0.15) is 0 Å². The first-order valence-corrected chi connectivity index (χ1v) is 12.5. The van der Waals surface area contributed by atoms with Gasteiger partial charge in [0.05, 0.1) is 19.2 Å². The molecular formula is C28H34N2O3. The van der Waals surface area contributed by atoms with Crippen LogP contribution in [0.25, 0.3) is 0 Å². The van der Waals surface area contributed by atoms with Gasteiger partial charge in [-0.05, 0) is 85.9 Å². The van der Waals surface area contributed by atoms with Crippen LogP contribution >= 0.6 is 0 Å². The highest BCUT2D eigenvalue weighted by Gasteiger charge is 2.42. The van der Waals surface area contributed by atoms with Gasteiger partial charge < -0.3 is 14.5 Å². The maximum absolute atomic E-state index is 13.6. The van der Waals surface area contributed by atoms with Crippen molar-refractivity contribution >= 4 is 11.8 Å². The minimum Gasteiger partial charge on any atom is -0.497 e. The van der Waals surface area contributed by atoms with Crippen LogP contribution in [0.2, 0.25) is 0 Å². The first kappa shape index (κ1) is 22.0. The molecule has 2 saturated heterocycles. The van der Waals surface area contributed by atoms with Gasteiger partial charge >= 0.3 is 0 Å². The maximum atomic E-state index is 13.6. The van der Waals surface area contributed by atoms with Crippen LogP contribution in [0, 0.1) is 0 Å². The fraction of sp³-hybridized carbons (Fsp3) is 0.500. The molecular weight excluding hydrogens is 412 g/mol. The van der Waals surface area contributed by atoms with Crippen LogP contribution in [0.5, 0.6) is 5.75 Å². The number of carbonyl (C=O) groups excluding carboxylic acids is 2. The summed E-state index contributed by atoms with van der Waals surface area (Å²) in [6.45, 7) is 1.31. The molecule has 0 spiro atoms. The minimum absolute atomic E-state index is 0.0847. The summed E-state index contributed by atoms with van der Waals surface area (Å²) in [6.07, 6.45) is 8.96. The van der Waals surface area contributed by atoms with E-state index in [1.165, 1.54) is 24.0 Å². The largest absolute Gasteiger partial charge is 0.497 e. The summed E-state index contributed by atoms with van der Waals surface area (Å²) in [5.74, 6) is 1.16. The molecule has 1 aliphatic carbocycles. The number of hydrogen-bond donors (Lipinski definition) is 0. The number of rotatable bonds is 4. The lowest BCUT2D eigenvalue weighted by Gasteiger charge is -2.37. The van der Waals surface area contributed by atoms with Gasteiger partial charge in [0, 0.05) is 25.1 Å². The summed E-state index contributed by atoms with van der Waals surface area (Å²) in [5, 5.41) is 0. The normalized spacial score (nSPS) is 22.9. The molecule has 2 atom stereocenters. The predicted octanol–water partition coefficient (Wildman–Crippen LogP) is 4.76. The van der Waals surface area contributed by atoms with E-state index in [9.17, 15) is 9.59 Å². The third-order valence-corrected chi connectivity index (χ3v) is 7.74. The van der Waals surface area contributed by atoms with E-state index in [4.69, 9.17) is 4.74 Å². The molecule has 2 aromatic carbocycles. The van der Waals surface area contributed by atoms with Crippen molar-refractivity contribution in [1.29, 1.82) is 0 Å². The molecule has 0 bridgehead atoms. The second kappa shape index (κ2) is 9.58. The van der Waals surface area contributed by atoms with Gasteiger partial charge in [-0.3, -0.25) is 9.59 Å². The number of benzene rings is 2. The van der Waals surface area contributed by atoms with E-state index in [1.807, 2.05) is 35.2 Å². The molecule has 0 aromatic heterocycles. The topological polar surface area (TPSA) is 49.9 Å². The Morgan fingerprint density at radius 2 is 1.67 bits per heavy atom. The van der Waals surface area contributed by atoms with Crippen LogP contribution < -0.4 is 4.74 Å². The lowest BCUT2D eigenvalue weighted by Crippen LogP contribution is -2.49. The van der Waals surface area contributed by atoms with E-state index in [1.54, 1.807) is 7.11 Å². The van der Waals surface area contributed by atoms with Gasteiger partial charge in [0.2, 0.25) is 5.91 Å². The predicted molar refractivity (Wildman–Crippen MR) is 128 cm³/mol. The molecule has 0 radical (unpaired) electrons. The molecule has 5 rings (SSSR count). The van der Waals surface area contributed by atoms with Crippen molar-refractivity contribution in [3.05, 3.63) is 64.7 Å². The molecule has 3 aliphatic rings. The van der Waals surface area contributed by atoms with Crippen molar-refractivity contribution < 1.29 is 14.3 Å². The molecule has 5 heteroatoms. The highest BCUT2D eigenvalue weighted by molar-refractivity contribution is 5.95. The number of ether oxygens (including phenoxy) is 1. The lowest BCUT2D eigenvalue weighted by atomic mass is 9.90. The maximum Gasteiger partial charge on any atom is 0.254 e. The van der Waals surface area contributed by atoms with Crippen LogP contribution in [0.1, 0.15) is 72.0 Å². The van der Waals surface area contributed by atoms with Gasteiger partial charge in [0.25, 0.3) is 5.91 Å². The number of hydrogen-bond acceptors (Lipinski definition) is 3. The van der Waals surface area contributed by atoms with Gasteiger partial charge in [-0.15, -0.1) is 0 Å². The minimum atomic E-state index is 0.0847. The summed E-state index contributed by atoms with van der Waals surface area (Å²) in [4.78, 5) is 30.9. The van der Waals surface area contributed by atoms with E-state index in [0.717, 1.165) is 61.9 Å². The summed E-state index contributed by atoms with van der Waals surface area (Å²) in [5.41, 5.74) is 4.66. The van der Waals surface area contributed by atoms with Gasteiger partial charge in [0.1, 0.15) is 5.75 Å². The average molecular weight is 447 g/mol. The number of likely N-dealkylation sites (tertiary alicyclic amines) is 2. The molecule has 33 heavy (non-hydrogen) atoms. The molecule has 2 fully saturated rings. The van der Waals surface area contributed by atoms with E-state index >= 15 is 0 Å². The van der Waals surface area contributed by atoms with E-state index < -0.39 is 0 Å². The zero-order chi connectivity index (χ0) is 22.8. The highest BCUT2D eigenvalue weighted by Crippen LogP contribution is 2.33. The van der Waals surface area contributed by atoms with Crippen LogP contribution in [-0.2, 0) is 24.2 Å². The van der Waals surface area contributed by atoms with E-state index in [0.29, 0.717) is 13.0 Å². The Hall–Kier alpha value is -2.82. The Morgan fingerprint density at radius 3 is 2.45 bits per heavy atom. The number of amides is 2. The van der Waals surface area contributed by atoms with Crippen LogP contribution in [0.15, 0.2) is 42.5 Å². The Labute approximate surface area is 196 Å². The van der Waals surface area contributed by atoms with Crippen LogP contribution in [-0.4, -0.2) is 47.4 Å². The smallest absolute Gasteiger partial charge is 0.254 e. The summed E-state index contributed by atoms with van der Waals surface area (Å²) >= 11 is 0. The zero-order valence-electron chi connectivity index (χ0n) is 19.6. The zero-order valence-corrected chi connectivity index (χ0v) is 19.6. The monoisotopic (exact) mass is 446 g/mol. The Morgan fingerprint density at radius 1 is 0.909 bits per heavy atom.